The number of rotatable bonds is 12. The second kappa shape index (κ2) is 14.4. The average molecular weight is 535 g/mol. The molecule has 0 saturated carbocycles. The lowest BCUT2D eigenvalue weighted by Crippen LogP contribution is -2.53. The molecule has 206 valence electrons. The Morgan fingerprint density at radius 2 is 1.49 bits per heavy atom. The highest BCUT2D eigenvalue weighted by molar-refractivity contribution is 5.97. The van der Waals surface area contributed by atoms with Crippen LogP contribution in [0.2, 0.25) is 0 Å². The Labute approximate surface area is 228 Å². The molecule has 1 aliphatic rings. The molecule has 1 unspecified atom stereocenters. The minimum Gasteiger partial charge on any atom is -0.457 e. The SMILES string of the molecule is CCN1CCN(CC(=O)NC(COCc2ccccc2)C(=O)Nc2ccc(Oc3ccc(F)cc3)cc2)CC1. The van der Waals surface area contributed by atoms with Gasteiger partial charge >= 0.3 is 0 Å². The number of ether oxygens (including phenoxy) is 2. The summed E-state index contributed by atoms with van der Waals surface area (Å²) in [6, 6.07) is 21.3. The first-order valence-corrected chi connectivity index (χ1v) is 13.2. The maximum absolute atomic E-state index is 13.2. The lowest BCUT2D eigenvalue weighted by atomic mass is 10.2. The number of hydrogen-bond acceptors (Lipinski definition) is 6. The predicted molar refractivity (Wildman–Crippen MR) is 148 cm³/mol. The minimum absolute atomic E-state index is 0.0296. The number of hydrogen-bond donors (Lipinski definition) is 2. The third-order valence-corrected chi connectivity index (χ3v) is 6.50. The molecule has 39 heavy (non-hydrogen) atoms. The molecule has 0 bridgehead atoms. The zero-order valence-corrected chi connectivity index (χ0v) is 22.1. The summed E-state index contributed by atoms with van der Waals surface area (Å²) in [5.74, 6) is 0.112. The van der Waals surface area contributed by atoms with E-state index in [1.54, 1.807) is 24.3 Å². The van der Waals surface area contributed by atoms with Crippen LogP contribution < -0.4 is 15.4 Å². The van der Waals surface area contributed by atoms with Gasteiger partial charge in [0.05, 0.1) is 19.8 Å². The van der Waals surface area contributed by atoms with Crippen LogP contribution in [-0.2, 0) is 20.9 Å². The van der Waals surface area contributed by atoms with Crippen LogP contribution in [0.15, 0.2) is 78.9 Å². The standard InChI is InChI=1S/C30H35FN4O4/c1-2-34-16-18-35(19-17-34)20-29(36)33-28(22-38-21-23-6-4-3-5-7-23)30(37)32-25-10-14-27(15-11-25)39-26-12-8-24(31)9-13-26/h3-15,28H,2,16-22H2,1H3,(H,32,37)(H,33,36). The first-order chi connectivity index (χ1) is 19.0. The van der Waals surface area contributed by atoms with Crippen molar-refractivity contribution in [2.24, 2.45) is 0 Å². The summed E-state index contributed by atoms with van der Waals surface area (Å²) in [4.78, 5) is 30.5. The number of carbonyl (C=O) groups is 2. The molecule has 1 saturated heterocycles. The molecule has 1 fully saturated rings. The topological polar surface area (TPSA) is 83.1 Å². The fourth-order valence-electron chi connectivity index (χ4n) is 4.23. The van der Waals surface area contributed by atoms with Crippen LogP contribution in [0.1, 0.15) is 12.5 Å². The van der Waals surface area contributed by atoms with Crippen LogP contribution in [0, 0.1) is 5.82 Å². The Bertz CT molecular complexity index is 1180. The van der Waals surface area contributed by atoms with Gasteiger partial charge in [0.15, 0.2) is 0 Å². The second-order valence-electron chi connectivity index (χ2n) is 9.40. The van der Waals surface area contributed by atoms with Gasteiger partial charge in [0.1, 0.15) is 23.4 Å². The highest BCUT2D eigenvalue weighted by Crippen LogP contribution is 2.23. The Morgan fingerprint density at radius 1 is 0.872 bits per heavy atom. The van der Waals surface area contributed by atoms with E-state index in [0.717, 1.165) is 38.3 Å². The van der Waals surface area contributed by atoms with Crippen LogP contribution >= 0.6 is 0 Å². The monoisotopic (exact) mass is 534 g/mol. The number of benzene rings is 3. The molecule has 9 heteroatoms. The van der Waals surface area contributed by atoms with Crippen LogP contribution in [0.4, 0.5) is 10.1 Å². The van der Waals surface area contributed by atoms with Gasteiger partial charge in [-0.1, -0.05) is 37.3 Å². The van der Waals surface area contributed by atoms with E-state index in [1.165, 1.54) is 24.3 Å². The fourth-order valence-corrected chi connectivity index (χ4v) is 4.23. The molecular weight excluding hydrogens is 499 g/mol. The molecule has 4 rings (SSSR count). The van der Waals surface area contributed by atoms with Crippen LogP contribution in [0.5, 0.6) is 11.5 Å². The van der Waals surface area contributed by atoms with Crippen molar-refractivity contribution < 1.29 is 23.5 Å². The van der Waals surface area contributed by atoms with E-state index in [4.69, 9.17) is 9.47 Å². The van der Waals surface area contributed by atoms with E-state index in [-0.39, 0.29) is 30.8 Å². The number of piperazine rings is 1. The van der Waals surface area contributed by atoms with Gasteiger partial charge in [-0.2, -0.15) is 0 Å². The fraction of sp³-hybridized carbons (Fsp3) is 0.333. The van der Waals surface area contributed by atoms with E-state index in [0.29, 0.717) is 23.8 Å². The largest absolute Gasteiger partial charge is 0.457 e. The van der Waals surface area contributed by atoms with Crippen molar-refractivity contribution in [1.29, 1.82) is 0 Å². The third kappa shape index (κ3) is 9.17. The van der Waals surface area contributed by atoms with Gasteiger partial charge in [-0.3, -0.25) is 14.5 Å². The van der Waals surface area contributed by atoms with Crippen molar-refractivity contribution in [3.05, 3.63) is 90.2 Å². The van der Waals surface area contributed by atoms with E-state index in [9.17, 15) is 14.0 Å². The Kier molecular flexibility index (Phi) is 10.4. The molecule has 3 aromatic rings. The van der Waals surface area contributed by atoms with Gasteiger partial charge in [0.25, 0.3) is 0 Å². The highest BCUT2D eigenvalue weighted by atomic mass is 19.1. The summed E-state index contributed by atoms with van der Waals surface area (Å²) in [5.41, 5.74) is 1.53. The lowest BCUT2D eigenvalue weighted by Gasteiger charge is -2.33. The Hall–Kier alpha value is -3.79. The van der Waals surface area contributed by atoms with Crippen molar-refractivity contribution in [2.45, 2.75) is 19.6 Å². The van der Waals surface area contributed by atoms with Crippen molar-refractivity contribution in [3.8, 4) is 11.5 Å². The quantitative estimate of drug-likeness (QED) is 0.367. The number of halogens is 1. The summed E-state index contributed by atoms with van der Waals surface area (Å²) >= 11 is 0. The molecule has 0 aromatic heterocycles. The van der Waals surface area contributed by atoms with E-state index in [1.807, 2.05) is 30.3 Å². The number of amides is 2. The number of nitrogens with zero attached hydrogens (tertiary/aromatic N) is 2. The predicted octanol–water partition coefficient (Wildman–Crippen LogP) is 3.90. The third-order valence-electron chi connectivity index (χ3n) is 6.50. The molecular formula is C30H35FN4O4. The summed E-state index contributed by atoms with van der Waals surface area (Å²) < 4.78 is 24.6. The van der Waals surface area contributed by atoms with E-state index >= 15 is 0 Å². The number of anilines is 1. The van der Waals surface area contributed by atoms with Crippen molar-refractivity contribution >= 4 is 17.5 Å². The maximum atomic E-state index is 13.2. The van der Waals surface area contributed by atoms with Gasteiger partial charge in [-0.05, 0) is 60.6 Å². The van der Waals surface area contributed by atoms with Gasteiger partial charge in [0, 0.05) is 31.9 Å². The van der Waals surface area contributed by atoms with E-state index in [2.05, 4.69) is 27.4 Å². The first-order valence-electron chi connectivity index (χ1n) is 13.2. The number of likely N-dealkylation sites (N-methyl/N-ethyl adjacent to an activating group) is 1. The van der Waals surface area contributed by atoms with E-state index < -0.39 is 6.04 Å². The summed E-state index contributed by atoms with van der Waals surface area (Å²) in [7, 11) is 0. The molecule has 2 amide bonds. The molecule has 1 heterocycles. The normalized spacial score (nSPS) is 14.9. The van der Waals surface area contributed by atoms with Crippen LogP contribution in [-0.4, -0.2) is 73.5 Å². The Morgan fingerprint density at radius 3 is 2.13 bits per heavy atom. The summed E-state index contributed by atoms with van der Waals surface area (Å²) in [6.45, 7) is 7.20. The smallest absolute Gasteiger partial charge is 0.249 e. The molecule has 1 aliphatic heterocycles. The minimum atomic E-state index is -0.867. The number of carbonyl (C=O) groups excluding carboxylic acids is 2. The van der Waals surface area contributed by atoms with Gasteiger partial charge < -0.3 is 25.0 Å². The number of nitrogens with one attached hydrogen (secondary N) is 2. The van der Waals surface area contributed by atoms with Gasteiger partial charge in [0.2, 0.25) is 11.8 Å². The summed E-state index contributed by atoms with van der Waals surface area (Å²) in [6.07, 6.45) is 0. The average Bonchev–Trinajstić information content (AvgIpc) is 2.95. The second-order valence-corrected chi connectivity index (χ2v) is 9.40. The lowest BCUT2D eigenvalue weighted by molar-refractivity contribution is -0.129. The van der Waals surface area contributed by atoms with Crippen molar-refractivity contribution in [3.63, 3.8) is 0 Å². The molecule has 3 aromatic carbocycles. The van der Waals surface area contributed by atoms with Gasteiger partial charge in [-0.25, -0.2) is 4.39 Å². The molecule has 0 spiro atoms. The molecule has 0 radical (unpaired) electrons. The van der Waals surface area contributed by atoms with Crippen molar-refractivity contribution in [1.82, 2.24) is 15.1 Å². The van der Waals surface area contributed by atoms with Gasteiger partial charge in [-0.15, -0.1) is 0 Å². The molecule has 8 nitrogen and oxygen atoms in total. The zero-order chi connectivity index (χ0) is 27.5. The van der Waals surface area contributed by atoms with Crippen molar-refractivity contribution in [2.75, 3.05) is 51.2 Å². The summed E-state index contributed by atoms with van der Waals surface area (Å²) in [5, 5.41) is 5.71. The molecule has 1 atom stereocenters. The highest BCUT2D eigenvalue weighted by Gasteiger charge is 2.24. The van der Waals surface area contributed by atoms with Crippen LogP contribution in [0.3, 0.4) is 0 Å². The maximum Gasteiger partial charge on any atom is 0.249 e. The molecule has 2 N–H and O–H groups in total. The Balaban J connectivity index is 1.34. The first kappa shape index (κ1) is 28.2. The van der Waals surface area contributed by atoms with Crippen LogP contribution in [0.25, 0.3) is 0 Å². The molecule has 0 aliphatic carbocycles. The zero-order valence-electron chi connectivity index (χ0n) is 22.1.